The second kappa shape index (κ2) is 11.8. The van der Waals surface area contributed by atoms with E-state index < -0.39 is 11.5 Å². The summed E-state index contributed by atoms with van der Waals surface area (Å²) in [7, 11) is 1.75. The fraction of sp³-hybridized carbons (Fsp3) is 0.433. The van der Waals surface area contributed by atoms with Crippen LogP contribution < -0.4 is 11.3 Å². The molecule has 2 aliphatic carbocycles. The lowest BCUT2D eigenvalue weighted by molar-refractivity contribution is -0.151. The molecule has 0 saturated heterocycles. The van der Waals surface area contributed by atoms with Crippen molar-refractivity contribution < 1.29 is 14.3 Å². The fourth-order valence-corrected chi connectivity index (χ4v) is 5.95. The molecule has 0 bridgehead atoms. The number of aryl methyl sites for hydroxylation is 1. The molecule has 5 rings (SSSR count). The van der Waals surface area contributed by atoms with Crippen LogP contribution in [0.5, 0.6) is 0 Å². The Labute approximate surface area is 239 Å². The van der Waals surface area contributed by atoms with Crippen LogP contribution in [0, 0.1) is 5.41 Å². The third-order valence-corrected chi connectivity index (χ3v) is 8.06. The van der Waals surface area contributed by atoms with Crippen molar-refractivity contribution in [3.63, 3.8) is 0 Å². The molecule has 0 aliphatic heterocycles. The molecule has 1 amide bonds. The standard InChI is InChI=1S/C30H35N5O4.ClH/c1-3-39-27(37)18-26(36)35(22-6-4-5-7-22)30(14-15-30)21-12-13-25-23(17-21)33-24(29(38)34(25)2)16-19-8-10-20(11-9-19)28(31)32;/h8-13,17,22H,3-7,14-16,18H2,1-2H3,(H3,31,32);1H. The number of amidine groups is 1. The number of nitrogens with one attached hydrogen (secondary N) is 1. The molecule has 2 saturated carbocycles. The number of nitrogens with zero attached hydrogens (tertiary/aromatic N) is 3. The van der Waals surface area contributed by atoms with Crippen LogP contribution in [0.2, 0.25) is 0 Å². The second-order valence-electron chi connectivity index (χ2n) is 10.6. The van der Waals surface area contributed by atoms with Crippen LogP contribution in [-0.2, 0) is 33.3 Å². The summed E-state index contributed by atoms with van der Waals surface area (Å²) in [5, 5.41) is 7.58. The van der Waals surface area contributed by atoms with Crippen molar-refractivity contribution in [1.29, 1.82) is 5.41 Å². The number of fused-ring (bicyclic) bond motifs is 1. The number of benzene rings is 2. The van der Waals surface area contributed by atoms with Crippen molar-refractivity contribution >= 4 is 41.2 Å². The first-order valence-corrected chi connectivity index (χ1v) is 13.6. The van der Waals surface area contributed by atoms with Gasteiger partial charge in [0, 0.05) is 25.1 Å². The Morgan fingerprint density at radius 1 is 1.15 bits per heavy atom. The maximum Gasteiger partial charge on any atom is 0.315 e. The maximum absolute atomic E-state index is 13.5. The second-order valence-corrected chi connectivity index (χ2v) is 10.6. The number of aromatic nitrogens is 2. The summed E-state index contributed by atoms with van der Waals surface area (Å²) < 4.78 is 6.70. The minimum atomic E-state index is -0.488. The van der Waals surface area contributed by atoms with E-state index in [0.29, 0.717) is 23.2 Å². The van der Waals surface area contributed by atoms with Crippen LogP contribution in [0.1, 0.15) is 74.3 Å². The van der Waals surface area contributed by atoms with Gasteiger partial charge in [-0.3, -0.25) is 19.8 Å². The number of nitrogen functional groups attached to an aromatic ring is 1. The van der Waals surface area contributed by atoms with E-state index in [1.165, 1.54) is 0 Å². The predicted octanol–water partition coefficient (Wildman–Crippen LogP) is 3.94. The molecule has 1 heterocycles. The van der Waals surface area contributed by atoms with E-state index in [1.807, 2.05) is 35.2 Å². The highest BCUT2D eigenvalue weighted by molar-refractivity contribution is 5.95. The molecule has 10 heteroatoms. The number of amides is 1. The molecule has 2 aromatic carbocycles. The molecule has 2 aliphatic rings. The van der Waals surface area contributed by atoms with Gasteiger partial charge in [0.05, 0.1) is 23.2 Å². The molecule has 9 nitrogen and oxygen atoms in total. The molecule has 40 heavy (non-hydrogen) atoms. The molecule has 3 N–H and O–H groups in total. The molecule has 1 aromatic heterocycles. The molecule has 0 spiro atoms. The number of carbonyl (C=O) groups is 2. The van der Waals surface area contributed by atoms with Crippen molar-refractivity contribution in [1.82, 2.24) is 14.5 Å². The third kappa shape index (κ3) is 5.61. The van der Waals surface area contributed by atoms with Gasteiger partial charge in [-0.2, -0.15) is 0 Å². The number of halogens is 1. The smallest absolute Gasteiger partial charge is 0.315 e. The van der Waals surface area contributed by atoms with Gasteiger partial charge in [0.15, 0.2) is 0 Å². The van der Waals surface area contributed by atoms with E-state index in [0.717, 1.165) is 55.2 Å². The summed E-state index contributed by atoms with van der Waals surface area (Å²) in [4.78, 5) is 45.6. The van der Waals surface area contributed by atoms with Crippen molar-refractivity contribution in [2.24, 2.45) is 12.8 Å². The average Bonchev–Trinajstić information content (AvgIpc) is 3.52. The van der Waals surface area contributed by atoms with Gasteiger partial charge in [0.25, 0.3) is 5.56 Å². The highest BCUT2D eigenvalue weighted by Gasteiger charge is 2.54. The van der Waals surface area contributed by atoms with Crippen LogP contribution in [0.15, 0.2) is 47.3 Å². The van der Waals surface area contributed by atoms with Gasteiger partial charge in [-0.15, -0.1) is 12.4 Å². The number of hydrogen-bond acceptors (Lipinski definition) is 6. The molecule has 3 aromatic rings. The minimum absolute atomic E-state index is 0. The minimum Gasteiger partial charge on any atom is -0.466 e. The molecule has 2 fully saturated rings. The van der Waals surface area contributed by atoms with E-state index in [-0.39, 0.29) is 48.8 Å². The Morgan fingerprint density at radius 2 is 1.82 bits per heavy atom. The van der Waals surface area contributed by atoms with E-state index in [9.17, 15) is 14.4 Å². The van der Waals surface area contributed by atoms with Gasteiger partial charge in [0.1, 0.15) is 18.0 Å². The maximum atomic E-state index is 13.5. The van der Waals surface area contributed by atoms with E-state index in [4.69, 9.17) is 20.9 Å². The predicted molar refractivity (Wildman–Crippen MR) is 156 cm³/mol. The van der Waals surface area contributed by atoms with Crippen LogP contribution in [0.4, 0.5) is 0 Å². The lowest BCUT2D eigenvalue weighted by atomic mass is 9.98. The van der Waals surface area contributed by atoms with Gasteiger partial charge >= 0.3 is 5.97 Å². The van der Waals surface area contributed by atoms with Crippen LogP contribution in [0.3, 0.4) is 0 Å². The first kappa shape index (κ1) is 29.3. The van der Waals surface area contributed by atoms with Gasteiger partial charge in [0.2, 0.25) is 5.91 Å². The van der Waals surface area contributed by atoms with Gasteiger partial charge in [-0.25, -0.2) is 4.98 Å². The first-order valence-electron chi connectivity index (χ1n) is 13.6. The Kier molecular flexibility index (Phi) is 8.63. The zero-order valence-electron chi connectivity index (χ0n) is 22.9. The normalized spacial score (nSPS) is 15.8. The molecule has 0 atom stereocenters. The Morgan fingerprint density at radius 3 is 2.42 bits per heavy atom. The van der Waals surface area contributed by atoms with Crippen molar-refractivity contribution in [2.45, 2.75) is 69.9 Å². The molecular weight excluding hydrogens is 530 g/mol. The zero-order chi connectivity index (χ0) is 27.7. The van der Waals surface area contributed by atoms with Crippen LogP contribution in [0.25, 0.3) is 11.0 Å². The molecular formula is C30H36ClN5O4. The number of nitrogens with two attached hydrogens (primary N) is 1. The van der Waals surface area contributed by atoms with E-state index in [2.05, 4.69) is 0 Å². The monoisotopic (exact) mass is 565 g/mol. The summed E-state index contributed by atoms with van der Waals surface area (Å²) in [6.07, 6.45) is 5.76. The number of ether oxygens (including phenoxy) is 1. The SMILES string of the molecule is CCOC(=O)CC(=O)N(C1CCCC1)C1(c2ccc3c(c2)nc(Cc2ccc(C(=N)N)cc2)c(=O)n3C)CC1.Cl. The summed E-state index contributed by atoms with van der Waals surface area (Å²) in [6.45, 7) is 1.99. The quantitative estimate of drug-likeness (QED) is 0.175. The Hall–Kier alpha value is -3.72. The van der Waals surface area contributed by atoms with Gasteiger partial charge in [-0.05, 0) is 55.9 Å². The highest BCUT2D eigenvalue weighted by atomic mass is 35.5. The summed E-state index contributed by atoms with van der Waals surface area (Å²) in [5.74, 6) is -0.672. The zero-order valence-corrected chi connectivity index (χ0v) is 23.8. The van der Waals surface area contributed by atoms with Crippen LogP contribution >= 0.6 is 12.4 Å². The lowest BCUT2D eigenvalue weighted by Gasteiger charge is -2.37. The highest BCUT2D eigenvalue weighted by Crippen LogP contribution is 2.54. The van der Waals surface area contributed by atoms with E-state index in [1.54, 1.807) is 30.7 Å². The van der Waals surface area contributed by atoms with Gasteiger partial charge < -0.3 is 19.9 Å². The lowest BCUT2D eigenvalue weighted by Crippen LogP contribution is -2.47. The number of hydrogen-bond donors (Lipinski definition) is 2. The third-order valence-electron chi connectivity index (χ3n) is 8.06. The Balaban J connectivity index is 0.00000370. The number of esters is 1. The fourth-order valence-electron chi connectivity index (χ4n) is 5.95. The summed E-state index contributed by atoms with van der Waals surface area (Å²) >= 11 is 0. The Bertz CT molecular complexity index is 1490. The van der Waals surface area contributed by atoms with E-state index >= 15 is 0 Å². The van der Waals surface area contributed by atoms with Crippen molar-refractivity contribution in [3.8, 4) is 0 Å². The summed E-state index contributed by atoms with van der Waals surface area (Å²) in [6, 6.07) is 13.3. The number of rotatable bonds is 9. The van der Waals surface area contributed by atoms with Crippen molar-refractivity contribution in [3.05, 3.63) is 75.2 Å². The molecule has 0 radical (unpaired) electrons. The van der Waals surface area contributed by atoms with Crippen molar-refractivity contribution in [2.75, 3.05) is 6.61 Å². The first-order chi connectivity index (χ1) is 18.7. The largest absolute Gasteiger partial charge is 0.466 e. The van der Waals surface area contributed by atoms with Crippen LogP contribution in [-0.4, -0.2) is 44.8 Å². The number of carbonyl (C=O) groups excluding carboxylic acids is 2. The molecule has 212 valence electrons. The van der Waals surface area contributed by atoms with Gasteiger partial charge in [-0.1, -0.05) is 43.2 Å². The molecule has 0 unspecified atom stereocenters. The topological polar surface area (TPSA) is 131 Å². The average molecular weight is 566 g/mol. The summed E-state index contributed by atoms with van der Waals surface area (Å²) in [5.41, 5.74) is 9.29.